The largest absolute Gasteiger partial charge is 0.497 e. The predicted molar refractivity (Wildman–Crippen MR) is 58.7 cm³/mol. The highest BCUT2D eigenvalue weighted by Gasteiger charge is 2.19. The summed E-state index contributed by atoms with van der Waals surface area (Å²) in [6.45, 7) is 0. The number of carbonyl (C=O) groups excluding carboxylic acids is 1. The Hall–Kier alpha value is -1.84. The van der Waals surface area contributed by atoms with Gasteiger partial charge in [0.2, 0.25) is 0 Å². The number of rotatable bonds is 6. The highest BCUT2D eigenvalue weighted by molar-refractivity contribution is 5.76. The van der Waals surface area contributed by atoms with Gasteiger partial charge in [-0.3, -0.25) is 4.79 Å². The molecule has 0 spiro atoms. The Labute approximate surface area is 93.9 Å². The van der Waals surface area contributed by atoms with Crippen LogP contribution in [0.4, 0.5) is 0 Å². The quantitative estimate of drug-likeness (QED) is 0.746. The molecule has 0 fully saturated rings. The summed E-state index contributed by atoms with van der Waals surface area (Å²) < 4.78 is 5.03. The second-order valence-electron chi connectivity index (χ2n) is 3.41. The van der Waals surface area contributed by atoms with Gasteiger partial charge in [-0.15, -0.1) is 0 Å². The molecule has 1 unspecified atom stereocenters. The Morgan fingerprint density at radius 1 is 1.56 bits per heavy atom. The van der Waals surface area contributed by atoms with Crippen molar-refractivity contribution in [2.45, 2.75) is 18.8 Å². The molecule has 0 aliphatic carbocycles. The minimum atomic E-state index is -0.921. The Kier molecular flexibility index (Phi) is 4.51. The number of carboxylic acid groups (broad SMARTS) is 1. The van der Waals surface area contributed by atoms with E-state index < -0.39 is 11.9 Å². The maximum Gasteiger partial charge on any atom is 0.310 e. The van der Waals surface area contributed by atoms with Gasteiger partial charge in [0.15, 0.2) is 0 Å². The lowest BCUT2D eigenvalue weighted by atomic mass is 9.94. The summed E-state index contributed by atoms with van der Waals surface area (Å²) in [6.07, 6.45) is 1.29. The van der Waals surface area contributed by atoms with E-state index in [-0.39, 0.29) is 6.42 Å². The fourth-order valence-corrected chi connectivity index (χ4v) is 1.53. The molecule has 0 saturated heterocycles. The molecule has 1 aromatic carbocycles. The van der Waals surface area contributed by atoms with Crippen LogP contribution in [-0.2, 0) is 9.59 Å². The molecular weight excluding hydrogens is 208 g/mol. The van der Waals surface area contributed by atoms with E-state index in [1.54, 1.807) is 24.3 Å². The summed E-state index contributed by atoms with van der Waals surface area (Å²) in [5, 5.41) is 9.06. The van der Waals surface area contributed by atoms with Gasteiger partial charge in [-0.25, -0.2) is 0 Å². The highest BCUT2D eigenvalue weighted by atomic mass is 16.5. The number of carbonyl (C=O) groups is 2. The number of aliphatic carboxylic acids is 1. The lowest BCUT2D eigenvalue weighted by molar-refractivity contribution is -0.139. The fraction of sp³-hybridized carbons (Fsp3) is 0.333. The van der Waals surface area contributed by atoms with Crippen LogP contribution in [0, 0.1) is 0 Å². The van der Waals surface area contributed by atoms with Crippen molar-refractivity contribution < 1.29 is 19.4 Å². The van der Waals surface area contributed by atoms with E-state index in [2.05, 4.69) is 0 Å². The van der Waals surface area contributed by atoms with Gasteiger partial charge in [-0.2, -0.15) is 0 Å². The third-order valence-corrected chi connectivity index (χ3v) is 2.37. The summed E-state index contributed by atoms with van der Waals surface area (Å²) in [4.78, 5) is 21.3. The van der Waals surface area contributed by atoms with Crippen molar-refractivity contribution in [2.75, 3.05) is 7.11 Å². The number of benzene rings is 1. The minimum absolute atomic E-state index is 0.244. The van der Waals surface area contributed by atoms with E-state index >= 15 is 0 Å². The van der Waals surface area contributed by atoms with Gasteiger partial charge < -0.3 is 14.6 Å². The second kappa shape index (κ2) is 5.90. The molecule has 0 saturated carbocycles. The first kappa shape index (κ1) is 12.2. The maximum atomic E-state index is 11.0. The molecule has 86 valence electrons. The summed E-state index contributed by atoms with van der Waals surface area (Å²) in [7, 11) is 1.53. The monoisotopic (exact) mass is 222 g/mol. The van der Waals surface area contributed by atoms with Gasteiger partial charge in [0.25, 0.3) is 0 Å². The zero-order chi connectivity index (χ0) is 12.0. The topological polar surface area (TPSA) is 63.6 Å². The van der Waals surface area contributed by atoms with E-state index in [1.807, 2.05) is 0 Å². The van der Waals surface area contributed by atoms with E-state index in [0.717, 1.165) is 6.29 Å². The van der Waals surface area contributed by atoms with Gasteiger partial charge >= 0.3 is 5.97 Å². The molecule has 16 heavy (non-hydrogen) atoms. The van der Waals surface area contributed by atoms with Gasteiger partial charge in [0, 0.05) is 6.42 Å². The van der Waals surface area contributed by atoms with Crippen molar-refractivity contribution in [3.63, 3.8) is 0 Å². The predicted octanol–water partition coefficient (Wildman–Crippen LogP) is 1.84. The van der Waals surface area contributed by atoms with Crippen LogP contribution < -0.4 is 4.74 Å². The highest BCUT2D eigenvalue weighted by Crippen LogP contribution is 2.24. The minimum Gasteiger partial charge on any atom is -0.497 e. The third kappa shape index (κ3) is 3.08. The average Bonchev–Trinajstić information content (AvgIpc) is 2.29. The summed E-state index contributed by atoms with van der Waals surface area (Å²) in [6, 6.07) is 6.91. The number of ether oxygens (including phenoxy) is 1. The van der Waals surface area contributed by atoms with Crippen LogP contribution in [0.2, 0.25) is 0 Å². The van der Waals surface area contributed by atoms with E-state index in [9.17, 15) is 9.59 Å². The molecule has 0 heterocycles. The van der Waals surface area contributed by atoms with Crippen molar-refractivity contribution in [1.29, 1.82) is 0 Å². The van der Waals surface area contributed by atoms with Gasteiger partial charge in [0.05, 0.1) is 13.0 Å². The summed E-state index contributed by atoms with van der Waals surface area (Å²) >= 11 is 0. The first-order valence-electron chi connectivity index (χ1n) is 4.99. The zero-order valence-corrected chi connectivity index (χ0v) is 9.05. The second-order valence-corrected chi connectivity index (χ2v) is 3.41. The van der Waals surface area contributed by atoms with Crippen LogP contribution in [0.1, 0.15) is 24.3 Å². The van der Waals surface area contributed by atoms with Crippen molar-refractivity contribution in [3.05, 3.63) is 29.8 Å². The van der Waals surface area contributed by atoms with Crippen molar-refractivity contribution >= 4 is 12.3 Å². The van der Waals surface area contributed by atoms with Crippen LogP contribution >= 0.6 is 0 Å². The first-order chi connectivity index (χ1) is 7.69. The Bertz CT molecular complexity index is 373. The summed E-state index contributed by atoms with van der Waals surface area (Å²) in [5.74, 6) is -0.953. The Morgan fingerprint density at radius 3 is 2.88 bits per heavy atom. The molecule has 0 aromatic heterocycles. The van der Waals surface area contributed by atoms with Crippen molar-refractivity contribution in [1.82, 2.24) is 0 Å². The lowest BCUT2D eigenvalue weighted by Gasteiger charge is -2.12. The third-order valence-electron chi connectivity index (χ3n) is 2.37. The standard InChI is InChI=1S/C12H14O4/c1-16-10-5-2-4-9(8-10)11(12(14)15)6-3-7-13/h2,4-5,7-8,11H,3,6H2,1H3,(H,14,15). The first-order valence-corrected chi connectivity index (χ1v) is 4.99. The molecule has 0 amide bonds. The molecular formula is C12H14O4. The average molecular weight is 222 g/mol. The van der Waals surface area contributed by atoms with Gasteiger partial charge in [-0.1, -0.05) is 12.1 Å². The normalized spacial score (nSPS) is 11.8. The molecule has 0 bridgehead atoms. The Balaban J connectivity index is 2.91. The molecule has 1 atom stereocenters. The van der Waals surface area contributed by atoms with Crippen LogP contribution in [0.3, 0.4) is 0 Å². The SMILES string of the molecule is COc1cccc(C(CCC=O)C(=O)O)c1. The number of aldehydes is 1. The lowest BCUT2D eigenvalue weighted by Crippen LogP contribution is -2.11. The molecule has 1 rings (SSSR count). The fourth-order valence-electron chi connectivity index (χ4n) is 1.53. The van der Waals surface area contributed by atoms with Crippen molar-refractivity contribution in [3.8, 4) is 5.75 Å². The number of hydrogen-bond donors (Lipinski definition) is 1. The maximum absolute atomic E-state index is 11.0. The van der Waals surface area contributed by atoms with Crippen LogP contribution in [0.15, 0.2) is 24.3 Å². The number of methoxy groups -OCH3 is 1. The van der Waals surface area contributed by atoms with Crippen molar-refractivity contribution in [2.24, 2.45) is 0 Å². The van der Waals surface area contributed by atoms with Crippen LogP contribution in [0.5, 0.6) is 5.75 Å². The number of hydrogen-bond acceptors (Lipinski definition) is 3. The molecule has 1 N–H and O–H groups in total. The molecule has 4 heteroatoms. The zero-order valence-electron chi connectivity index (χ0n) is 9.05. The molecule has 1 aromatic rings. The molecule has 0 aliphatic rings. The smallest absolute Gasteiger partial charge is 0.310 e. The number of carboxylic acids is 1. The van der Waals surface area contributed by atoms with Gasteiger partial charge in [0.1, 0.15) is 12.0 Å². The van der Waals surface area contributed by atoms with Crippen LogP contribution in [0.25, 0.3) is 0 Å². The van der Waals surface area contributed by atoms with Crippen LogP contribution in [-0.4, -0.2) is 24.5 Å². The van der Waals surface area contributed by atoms with Gasteiger partial charge in [-0.05, 0) is 24.1 Å². The van der Waals surface area contributed by atoms with E-state index in [0.29, 0.717) is 17.7 Å². The summed E-state index contributed by atoms with van der Waals surface area (Å²) in [5.41, 5.74) is 0.661. The molecule has 0 aliphatic heterocycles. The van der Waals surface area contributed by atoms with E-state index in [4.69, 9.17) is 9.84 Å². The Morgan fingerprint density at radius 2 is 2.31 bits per heavy atom. The molecule has 0 radical (unpaired) electrons. The molecule has 4 nitrogen and oxygen atoms in total. The van der Waals surface area contributed by atoms with E-state index in [1.165, 1.54) is 7.11 Å².